The van der Waals surface area contributed by atoms with Crippen LogP contribution in [0.25, 0.3) is 11.4 Å². The molecule has 1 unspecified atom stereocenters. The molecular formula is C30H24FN5. The first-order chi connectivity index (χ1) is 17.5. The van der Waals surface area contributed by atoms with Crippen LogP contribution in [-0.2, 0) is 18.3 Å². The van der Waals surface area contributed by atoms with Crippen LogP contribution in [0, 0.1) is 32.0 Å². The molecule has 0 bridgehead atoms. The summed E-state index contributed by atoms with van der Waals surface area (Å²) in [6.07, 6.45) is 10.7. The lowest BCUT2D eigenvalue weighted by Crippen LogP contribution is -2.37. The largest absolute Gasteiger partial charge is 0.299 e. The summed E-state index contributed by atoms with van der Waals surface area (Å²) in [6, 6.07) is 21.4. The molecule has 2 aromatic heterocycles. The summed E-state index contributed by atoms with van der Waals surface area (Å²) >= 11 is 0. The van der Waals surface area contributed by atoms with Gasteiger partial charge in [0.15, 0.2) is 0 Å². The minimum Gasteiger partial charge on any atom is -0.299 e. The molecule has 1 atom stereocenters. The minimum absolute atomic E-state index is 0.275. The van der Waals surface area contributed by atoms with Crippen molar-refractivity contribution in [1.82, 2.24) is 24.5 Å². The van der Waals surface area contributed by atoms with E-state index in [1.54, 1.807) is 18.5 Å². The van der Waals surface area contributed by atoms with Gasteiger partial charge in [0.05, 0.1) is 34.4 Å². The molecule has 6 heteroatoms. The molecule has 0 amide bonds. The highest BCUT2D eigenvalue weighted by atomic mass is 19.1. The molecule has 0 saturated heterocycles. The first-order valence-electron chi connectivity index (χ1n) is 11.9. The lowest BCUT2D eigenvalue weighted by molar-refractivity contribution is 0.460. The van der Waals surface area contributed by atoms with Crippen molar-refractivity contribution in [3.8, 4) is 23.7 Å². The maximum atomic E-state index is 14.4. The van der Waals surface area contributed by atoms with Gasteiger partial charge >= 0.3 is 0 Å². The molecule has 176 valence electrons. The highest BCUT2D eigenvalue weighted by Gasteiger charge is 2.45. The number of halogens is 1. The first-order valence-corrected chi connectivity index (χ1v) is 11.9. The second-order valence-electron chi connectivity index (χ2n) is 9.53. The van der Waals surface area contributed by atoms with Crippen LogP contribution in [0.5, 0.6) is 0 Å². The number of hydrogen-bond donors (Lipinski definition) is 0. The zero-order valence-electron chi connectivity index (χ0n) is 20.1. The Bertz CT molecular complexity index is 1600. The van der Waals surface area contributed by atoms with Crippen molar-refractivity contribution in [1.29, 1.82) is 0 Å². The van der Waals surface area contributed by atoms with Crippen molar-refractivity contribution < 1.29 is 4.39 Å². The predicted octanol–water partition coefficient (Wildman–Crippen LogP) is 5.28. The monoisotopic (exact) mass is 473 g/mol. The Balaban J connectivity index is 1.72. The molecule has 0 radical (unpaired) electrons. The van der Waals surface area contributed by atoms with Crippen molar-refractivity contribution in [3.05, 3.63) is 124 Å². The minimum atomic E-state index is -0.726. The summed E-state index contributed by atoms with van der Waals surface area (Å²) in [6.45, 7) is 4.13. The van der Waals surface area contributed by atoms with E-state index in [-0.39, 0.29) is 5.82 Å². The maximum Gasteiger partial charge on any atom is 0.135 e. The van der Waals surface area contributed by atoms with E-state index in [2.05, 4.69) is 82.1 Å². The number of aryl methyl sites for hydroxylation is 2. The van der Waals surface area contributed by atoms with E-state index >= 15 is 0 Å². The van der Waals surface area contributed by atoms with Gasteiger partial charge < -0.3 is 0 Å². The lowest BCUT2D eigenvalue weighted by Gasteiger charge is -2.34. The summed E-state index contributed by atoms with van der Waals surface area (Å²) in [5.74, 6) is 2.55. The highest BCUT2D eigenvalue weighted by molar-refractivity contribution is 5.61. The molecule has 36 heavy (non-hydrogen) atoms. The smallest absolute Gasteiger partial charge is 0.135 e. The molecule has 0 saturated carbocycles. The Kier molecular flexibility index (Phi) is 5.08. The summed E-state index contributed by atoms with van der Waals surface area (Å²) in [4.78, 5) is 4.65. The predicted molar refractivity (Wildman–Crippen MR) is 137 cm³/mol. The van der Waals surface area contributed by atoms with Crippen LogP contribution in [0.1, 0.15) is 39.3 Å². The van der Waals surface area contributed by atoms with Crippen molar-refractivity contribution in [2.45, 2.75) is 32.1 Å². The van der Waals surface area contributed by atoms with Gasteiger partial charge in [0, 0.05) is 0 Å². The van der Waals surface area contributed by atoms with Gasteiger partial charge in [-0.3, -0.25) is 4.57 Å². The van der Waals surface area contributed by atoms with Crippen molar-refractivity contribution in [3.63, 3.8) is 0 Å². The fourth-order valence-electron chi connectivity index (χ4n) is 5.54. The third-order valence-corrected chi connectivity index (χ3v) is 7.00. The molecule has 6 rings (SSSR count). The van der Waals surface area contributed by atoms with Gasteiger partial charge in [0.1, 0.15) is 17.8 Å². The second kappa shape index (κ2) is 8.31. The van der Waals surface area contributed by atoms with Crippen molar-refractivity contribution in [2.24, 2.45) is 0 Å². The Morgan fingerprint density at radius 3 is 2.42 bits per heavy atom. The number of rotatable bonds is 4. The highest BCUT2D eigenvalue weighted by Crippen LogP contribution is 2.45. The molecule has 1 aliphatic heterocycles. The van der Waals surface area contributed by atoms with E-state index in [0.29, 0.717) is 18.5 Å². The average molecular weight is 474 g/mol. The van der Waals surface area contributed by atoms with Crippen LogP contribution >= 0.6 is 0 Å². The van der Waals surface area contributed by atoms with Gasteiger partial charge in [0.2, 0.25) is 0 Å². The van der Waals surface area contributed by atoms with E-state index in [4.69, 9.17) is 6.42 Å². The molecule has 0 fully saturated rings. The van der Waals surface area contributed by atoms with E-state index in [0.717, 1.165) is 39.5 Å². The van der Waals surface area contributed by atoms with E-state index < -0.39 is 5.41 Å². The van der Waals surface area contributed by atoms with Crippen LogP contribution in [0.4, 0.5) is 4.39 Å². The van der Waals surface area contributed by atoms with E-state index in [1.807, 2.05) is 16.9 Å². The van der Waals surface area contributed by atoms with E-state index in [9.17, 15) is 4.39 Å². The summed E-state index contributed by atoms with van der Waals surface area (Å²) < 4.78 is 18.4. The normalized spacial score (nSPS) is 15.9. The quantitative estimate of drug-likeness (QED) is 0.334. The van der Waals surface area contributed by atoms with Gasteiger partial charge in [-0.25, -0.2) is 14.1 Å². The van der Waals surface area contributed by atoms with Gasteiger partial charge in [-0.2, -0.15) is 0 Å². The molecule has 3 aromatic carbocycles. The van der Waals surface area contributed by atoms with Gasteiger partial charge in [-0.15, -0.1) is 11.5 Å². The Labute approximate surface area is 209 Å². The number of terminal acetylenes is 1. The van der Waals surface area contributed by atoms with Crippen molar-refractivity contribution in [2.75, 3.05) is 0 Å². The molecule has 5 nitrogen and oxygen atoms in total. The summed E-state index contributed by atoms with van der Waals surface area (Å²) in [5.41, 5.74) is 7.67. The van der Waals surface area contributed by atoms with Crippen LogP contribution in [0.15, 0.2) is 79.3 Å². The molecule has 3 heterocycles. The molecule has 0 N–H and O–H groups in total. The maximum absolute atomic E-state index is 14.4. The molecule has 5 aromatic rings. The average Bonchev–Trinajstić information content (AvgIpc) is 3.50. The lowest BCUT2D eigenvalue weighted by atomic mass is 9.70. The number of hydrogen-bond acceptors (Lipinski definition) is 3. The van der Waals surface area contributed by atoms with Gasteiger partial charge in [-0.05, 0) is 73.6 Å². The Morgan fingerprint density at radius 2 is 1.67 bits per heavy atom. The van der Waals surface area contributed by atoms with Crippen LogP contribution in [0.2, 0.25) is 0 Å². The summed E-state index contributed by atoms with van der Waals surface area (Å²) in [7, 11) is 0. The third kappa shape index (κ3) is 3.44. The second-order valence-corrected chi connectivity index (χ2v) is 9.53. The van der Waals surface area contributed by atoms with Crippen LogP contribution in [-0.4, -0.2) is 24.5 Å². The molecule has 0 aliphatic carbocycles. The number of fused-ring (bicyclic) bond motifs is 5. The Morgan fingerprint density at radius 1 is 0.917 bits per heavy atom. The zero-order chi connectivity index (χ0) is 24.9. The summed E-state index contributed by atoms with van der Waals surface area (Å²) in [5, 5.41) is 8.90. The van der Waals surface area contributed by atoms with E-state index in [1.165, 1.54) is 11.6 Å². The molecule has 1 aliphatic rings. The molecule has 0 spiro atoms. The molecular weight excluding hydrogens is 449 g/mol. The number of nitrogens with zero attached hydrogens (tertiary/aromatic N) is 5. The number of aromatic nitrogens is 5. The standard InChI is InChI=1S/C30H24FN5/c1-4-25-29-30(16-22-8-5-7-20(2)13-22,17-23-9-6-10-24(31)15-23)28-18-33-34-36(28)27-14-21(3)11-12-26(27)35(29)19-32-25/h1,5-15,18-19H,16-17H2,2-3H3. The third-order valence-electron chi connectivity index (χ3n) is 7.00. The van der Waals surface area contributed by atoms with Crippen molar-refractivity contribution >= 4 is 0 Å². The van der Waals surface area contributed by atoms with Crippen LogP contribution < -0.4 is 0 Å². The van der Waals surface area contributed by atoms with Gasteiger partial charge in [-0.1, -0.05) is 53.2 Å². The first kappa shape index (κ1) is 22.0. The topological polar surface area (TPSA) is 48.5 Å². The zero-order valence-corrected chi connectivity index (χ0v) is 20.1. The SMILES string of the molecule is C#Cc1ncn2c1C(Cc1cccc(C)c1)(Cc1cccc(F)c1)c1cnnn1-c1cc(C)ccc1-2. The number of imidazole rings is 1. The number of benzene rings is 3. The van der Waals surface area contributed by atoms with Crippen LogP contribution in [0.3, 0.4) is 0 Å². The fraction of sp³-hybridized carbons (Fsp3) is 0.167. The van der Waals surface area contributed by atoms with Gasteiger partial charge in [0.25, 0.3) is 0 Å². The Hall–Kier alpha value is -4.50. The fourth-order valence-corrected chi connectivity index (χ4v) is 5.54.